The Morgan fingerprint density at radius 3 is 2.35 bits per heavy atom. The van der Waals surface area contributed by atoms with Gasteiger partial charge in [0.1, 0.15) is 18.2 Å². The molecule has 0 atom stereocenters. The van der Waals surface area contributed by atoms with E-state index in [2.05, 4.69) is 30.1 Å². The van der Waals surface area contributed by atoms with E-state index in [9.17, 15) is 9.18 Å². The Kier molecular flexibility index (Phi) is 14.4. The number of carbonyl (C=O) groups excluding carboxylic acids is 2. The van der Waals surface area contributed by atoms with Gasteiger partial charge in [-0.2, -0.15) is 0 Å². The normalized spacial score (nSPS) is 18.3. The number of aldehydes is 1. The molecule has 1 aliphatic carbocycles. The molecule has 6 nitrogen and oxygen atoms in total. The Bertz CT molecular complexity index is 857. The molecule has 0 aromatic heterocycles. The van der Waals surface area contributed by atoms with E-state index < -0.39 is 5.82 Å². The van der Waals surface area contributed by atoms with Crippen LogP contribution in [0.3, 0.4) is 0 Å². The molecule has 1 fully saturated rings. The number of carbonyl (C=O) groups is 2. The van der Waals surface area contributed by atoms with Crippen LogP contribution in [0.15, 0.2) is 42.5 Å². The molecule has 0 bridgehead atoms. The SMILES string of the molecule is CNCC1(COCCc2ccc(Cl)cc2)CC(C)C1.NC=O.O=CCOc1ccc(Cl)c(F)c1. The van der Waals surface area contributed by atoms with Gasteiger partial charge >= 0.3 is 0 Å². The second-order valence-electron chi connectivity index (χ2n) is 8.16. The molecule has 1 amide bonds. The Morgan fingerprint density at radius 1 is 1.18 bits per heavy atom. The van der Waals surface area contributed by atoms with Gasteiger partial charge < -0.3 is 20.5 Å². The Morgan fingerprint density at radius 2 is 1.82 bits per heavy atom. The van der Waals surface area contributed by atoms with Crippen molar-refractivity contribution < 1.29 is 23.5 Å². The van der Waals surface area contributed by atoms with Crippen LogP contribution in [-0.2, 0) is 20.7 Å². The lowest BCUT2D eigenvalue weighted by Crippen LogP contribution is -2.46. The highest BCUT2D eigenvalue weighted by Gasteiger charge is 2.41. The first-order chi connectivity index (χ1) is 16.3. The van der Waals surface area contributed by atoms with Crippen molar-refractivity contribution >= 4 is 35.9 Å². The summed E-state index contributed by atoms with van der Waals surface area (Å²) in [6.07, 6.45) is 4.37. The Hall–Kier alpha value is -2.19. The summed E-state index contributed by atoms with van der Waals surface area (Å²) in [5.74, 6) is 0.595. The first-order valence-electron chi connectivity index (χ1n) is 10.9. The molecule has 0 unspecified atom stereocenters. The molecule has 0 spiro atoms. The average molecular weight is 515 g/mol. The summed E-state index contributed by atoms with van der Waals surface area (Å²) in [5.41, 5.74) is 5.84. The van der Waals surface area contributed by atoms with E-state index in [4.69, 9.17) is 37.5 Å². The lowest BCUT2D eigenvalue weighted by molar-refractivity contribution is -0.109. The van der Waals surface area contributed by atoms with Crippen molar-refractivity contribution in [3.05, 3.63) is 63.9 Å². The number of ether oxygens (including phenoxy) is 2. The van der Waals surface area contributed by atoms with Gasteiger partial charge in [-0.25, -0.2) is 4.39 Å². The van der Waals surface area contributed by atoms with Crippen molar-refractivity contribution in [1.82, 2.24) is 5.32 Å². The Labute approximate surface area is 210 Å². The highest BCUT2D eigenvalue weighted by atomic mass is 35.5. The smallest absolute Gasteiger partial charge is 0.204 e. The van der Waals surface area contributed by atoms with Gasteiger partial charge in [-0.15, -0.1) is 0 Å². The molecule has 0 radical (unpaired) electrons. The lowest BCUT2D eigenvalue weighted by Gasteiger charge is -2.46. The van der Waals surface area contributed by atoms with E-state index >= 15 is 0 Å². The fraction of sp³-hybridized carbons (Fsp3) is 0.440. The van der Waals surface area contributed by atoms with Gasteiger partial charge in [-0.3, -0.25) is 9.59 Å². The molecule has 9 heteroatoms. The quantitative estimate of drug-likeness (QED) is 0.354. The summed E-state index contributed by atoms with van der Waals surface area (Å²) in [6.45, 7) is 4.98. The monoisotopic (exact) mass is 514 g/mol. The molecule has 2 aromatic carbocycles. The van der Waals surface area contributed by atoms with Crippen molar-refractivity contribution in [2.75, 3.05) is 33.4 Å². The maximum Gasteiger partial charge on any atom is 0.204 e. The summed E-state index contributed by atoms with van der Waals surface area (Å²) in [5, 5.41) is 4.13. The number of rotatable bonds is 10. The summed E-state index contributed by atoms with van der Waals surface area (Å²) in [4.78, 5) is 18.5. The number of amides is 1. The van der Waals surface area contributed by atoms with Gasteiger partial charge in [0.25, 0.3) is 0 Å². The molecule has 34 heavy (non-hydrogen) atoms. The van der Waals surface area contributed by atoms with Crippen molar-refractivity contribution in [2.24, 2.45) is 17.1 Å². The van der Waals surface area contributed by atoms with Crippen LogP contribution in [0.25, 0.3) is 0 Å². The summed E-state index contributed by atoms with van der Waals surface area (Å²) >= 11 is 11.3. The molecule has 188 valence electrons. The molecule has 0 saturated heterocycles. The van der Waals surface area contributed by atoms with Crippen LogP contribution in [-0.4, -0.2) is 46.1 Å². The third-order valence-electron chi connectivity index (χ3n) is 5.18. The van der Waals surface area contributed by atoms with Crippen LogP contribution in [0.5, 0.6) is 5.75 Å². The van der Waals surface area contributed by atoms with Gasteiger partial charge in [-0.05, 0) is 62.1 Å². The zero-order chi connectivity index (χ0) is 25.4. The van der Waals surface area contributed by atoms with Crippen molar-refractivity contribution in [3.63, 3.8) is 0 Å². The zero-order valence-corrected chi connectivity index (χ0v) is 21.1. The molecule has 3 rings (SSSR count). The van der Waals surface area contributed by atoms with Crippen molar-refractivity contribution in [2.45, 2.75) is 26.2 Å². The number of hydrogen-bond acceptors (Lipinski definition) is 5. The number of halogens is 3. The van der Waals surface area contributed by atoms with Crippen LogP contribution in [0.2, 0.25) is 10.0 Å². The Balaban J connectivity index is 0.000000330. The van der Waals surface area contributed by atoms with E-state index in [1.165, 1.54) is 30.5 Å². The second kappa shape index (κ2) is 16.4. The molecule has 3 N–H and O–H groups in total. The summed E-state index contributed by atoms with van der Waals surface area (Å²) < 4.78 is 23.4. The van der Waals surface area contributed by atoms with E-state index in [0.29, 0.717) is 17.5 Å². The van der Waals surface area contributed by atoms with E-state index in [1.54, 1.807) is 0 Å². The lowest BCUT2D eigenvalue weighted by atomic mass is 9.63. The third-order valence-corrected chi connectivity index (χ3v) is 5.74. The van der Waals surface area contributed by atoms with Crippen LogP contribution >= 0.6 is 23.2 Å². The molecule has 0 aliphatic heterocycles. The van der Waals surface area contributed by atoms with E-state index in [-0.39, 0.29) is 18.0 Å². The first-order valence-corrected chi connectivity index (χ1v) is 11.7. The average Bonchev–Trinajstić information content (AvgIpc) is 2.79. The minimum Gasteiger partial charge on any atom is -0.486 e. The second-order valence-corrected chi connectivity index (χ2v) is 9.01. The van der Waals surface area contributed by atoms with E-state index in [1.807, 2.05) is 19.2 Å². The molecule has 2 aromatic rings. The number of hydrogen-bond donors (Lipinski definition) is 2. The molecule has 0 heterocycles. The highest BCUT2D eigenvalue weighted by Crippen LogP contribution is 2.45. The van der Waals surface area contributed by atoms with Gasteiger partial charge in [0.15, 0.2) is 6.29 Å². The number of nitrogens with two attached hydrogens (primary N) is 1. The predicted molar refractivity (Wildman–Crippen MR) is 134 cm³/mol. The van der Waals surface area contributed by atoms with Crippen LogP contribution < -0.4 is 15.8 Å². The minimum absolute atomic E-state index is 0.0356. The predicted octanol–water partition coefficient (Wildman–Crippen LogP) is 4.69. The maximum atomic E-state index is 12.7. The largest absolute Gasteiger partial charge is 0.486 e. The third kappa shape index (κ3) is 11.3. The molecular weight excluding hydrogens is 482 g/mol. The van der Waals surface area contributed by atoms with Gasteiger partial charge in [0.05, 0.1) is 18.2 Å². The number of primary amides is 1. The maximum absolute atomic E-state index is 12.7. The number of benzene rings is 2. The van der Waals surface area contributed by atoms with Crippen molar-refractivity contribution in [1.29, 1.82) is 0 Å². The minimum atomic E-state index is -0.555. The molecule has 1 aliphatic rings. The van der Waals surface area contributed by atoms with E-state index in [0.717, 1.165) is 43.2 Å². The topological polar surface area (TPSA) is 90.6 Å². The van der Waals surface area contributed by atoms with Crippen molar-refractivity contribution in [3.8, 4) is 5.75 Å². The van der Waals surface area contributed by atoms with Crippen LogP contribution in [0, 0.1) is 17.2 Å². The summed E-state index contributed by atoms with van der Waals surface area (Å²) in [7, 11) is 2.03. The fourth-order valence-corrected chi connectivity index (χ4v) is 4.18. The first kappa shape index (κ1) is 29.8. The molecular formula is C25H33Cl2FN2O4. The van der Waals surface area contributed by atoms with Crippen LogP contribution in [0.1, 0.15) is 25.3 Å². The van der Waals surface area contributed by atoms with Crippen LogP contribution in [0.4, 0.5) is 4.39 Å². The zero-order valence-electron chi connectivity index (χ0n) is 19.6. The van der Waals surface area contributed by atoms with Gasteiger partial charge in [0, 0.05) is 23.0 Å². The summed E-state index contributed by atoms with van der Waals surface area (Å²) in [6, 6.07) is 12.0. The molecule has 1 saturated carbocycles. The van der Waals surface area contributed by atoms with Gasteiger partial charge in [-0.1, -0.05) is 42.3 Å². The highest BCUT2D eigenvalue weighted by molar-refractivity contribution is 6.30. The van der Waals surface area contributed by atoms with Gasteiger partial charge in [0.2, 0.25) is 6.41 Å². The standard InChI is InChI=1S/C16H24ClNO.C8H6ClFO2.CH3NO/c1-13-9-16(10-13,11-18-2)12-19-8-7-14-3-5-15(17)6-4-14;9-7-2-1-6(5-8(7)10)12-4-3-11;2-1-3/h3-6,13,18H,7-12H2,1-2H3;1-3,5H,4H2;1H,(H2,2,3). The fourth-order valence-electron chi connectivity index (χ4n) is 3.93. The number of nitrogens with one attached hydrogen (secondary N) is 1.